The van der Waals surface area contributed by atoms with Crippen molar-refractivity contribution in [2.24, 2.45) is 0 Å². The van der Waals surface area contributed by atoms with Crippen LogP contribution >= 0.6 is 11.6 Å². The number of halogens is 1. The molecule has 0 aliphatic carbocycles. The normalized spacial score (nSPS) is 26.0. The summed E-state index contributed by atoms with van der Waals surface area (Å²) >= 11 is 5.63. The molecule has 4 nitrogen and oxygen atoms in total. The number of nitrogens with zero attached hydrogens (tertiary/aromatic N) is 3. The molecule has 0 aromatic carbocycles. The highest BCUT2D eigenvalue weighted by Crippen LogP contribution is 2.20. The van der Waals surface area contributed by atoms with E-state index in [1.807, 2.05) is 10.9 Å². The first-order valence-corrected chi connectivity index (χ1v) is 5.92. The third kappa shape index (κ3) is 2.92. The van der Waals surface area contributed by atoms with Crippen LogP contribution in [0.2, 0.25) is 0 Å². The second-order valence-electron chi connectivity index (χ2n) is 4.02. The first kappa shape index (κ1) is 10.9. The monoisotopic (exact) mass is 229 g/mol. The van der Waals surface area contributed by atoms with Crippen molar-refractivity contribution in [3.8, 4) is 0 Å². The number of hydrogen-bond acceptors (Lipinski definition) is 3. The van der Waals surface area contributed by atoms with Crippen LogP contribution in [0.4, 0.5) is 0 Å². The summed E-state index contributed by atoms with van der Waals surface area (Å²) in [6, 6.07) is 0. The lowest BCUT2D eigenvalue weighted by Crippen LogP contribution is -2.16. The van der Waals surface area contributed by atoms with Gasteiger partial charge in [-0.15, -0.1) is 16.7 Å². The molecule has 0 spiro atoms. The van der Waals surface area contributed by atoms with E-state index in [1.165, 1.54) is 0 Å². The van der Waals surface area contributed by atoms with E-state index in [9.17, 15) is 0 Å². The van der Waals surface area contributed by atoms with E-state index in [0.29, 0.717) is 18.1 Å². The van der Waals surface area contributed by atoms with Crippen LogP contribution in [0.25, 0.3) is 0 Å². The van der Waals surface area contributed by atoms with Gasteiger partial charge in [-0.1, -0.05) is 5.21 Å². The minimum absolute atomic E-state index is 0.297. The first-order valence-electron chi connectivity index (χ1n) is 5.38. The quantitative estimate of drug-likeness (QED) is 0.737. The largest absolute Gasteiger partial charge is 0.373 e. The van der Waals surface area contributed by atoms with Crippen LogP contribution in [0.3, 0.4) is 0 Å². The van der Waals surface area contributed by atoms with Crippen LogP contribution in [-0.2, 0) is 17.7 Å². The lowest BCUT2D eigenvalue weighted by atomic mass is 10.2. The average molecular weight is 230 g/mol. The van der Waals surface area contributed by atoms with E-state index in [0.717, 1.165) is 31.5 Å². The lowest BCUT2D eigenvalue weighted by molar-refractivity contribution is 0.0434. The smallest absolute Gasteiger partial charge is 0.0839 e. The van der Waals surface area contributed by atoms with E-state index in [-0.39, 0.29) is 0 Å². The zero-order chi connectivity index (χ0) is 10.7. The Bertz CT molecular complexity index is 315. The number of hydrogen-bond donors (Lipinski definition) is 0. The van der Waals surface area contributed by atoms with Crippen molar-refractivity contribution >= 4 is 11.6 Å². The Morgan fingerprint density at radius 2 is 2.47 bits per heavy atom. The second-order valence-corrected chi connectivity index (χ2v) is 4.39. The van der Waals surface area contributed by atoms with E-state index in [2.05, 4.69) is 17.2 Å². The van der Waals surface area contributed by atoms with Gasteiger partial charge in [0.1, 0.15) is 0 Å². The van der Waals surface area contributed by atoms with Gasteiger partial charge in [0, 0.05) is 18.5 Å². The van der Waals surface area contributed by atoms with E-state index >= 15 is 0 Å². The summed E-state index contributed by atoms with van der Waals surface area (Å²) in [5, 5.41) is 8.09. The minimum Gasteiger partial charge on any atom is -0.373 e. The van der Waals surface area contributed by atoms with Crippen molar-refractivity contribution in [2.75, 3.05) is 5.88 Å². The number of alkyl halides is 1. The highest BCUT2D eigenvalue weighted by molar-refractivity contribution is 6.17. The molecule has 1 aliphatic rings. The maximum atomic E-state index is 5.72. The standard InChI is InChI=1S/C10H16ClN3O/c1-8-2-3-10(15-8)7-14-6-9(4-5-11)12-13-14/h6,8,10H,2-5,7H2,1H3. The molecule has 0 radical (unpaired) electrons. The van der Waals surface area contributed by atoms with Gasteiger partial charge in [-0.05, 0) is 19.8 Å². The number of ether oxygens (including phenoxy) is 1. The Hall–Kier alpha value is -0.610. The molecule has 1 saturated heterocycles. The third-order valence-corrected chi connectivity index (χ3v) is 2.84. The maximum Gasteiger partial charge on any atom is 0.0839 e. The Morgan fingerprint density at radius 3 is 3.13 bits per heavy atom. The minimum atomic E-state index is 0.297. The maximum absolute atomic E-state index is 5.72. The molecule has 1 aromatic rings. The predicted molar refractivity (Wildman–Crippen MR) is 58.0 cm³/mol. The summed E-state index contributed by atoms with van der Waals surface area (Å²) in [7, 11) is 0. The van der Waals surface area contributed by atoms with Crippen LogP contribution in [0, 0.1) is 0 Å². The van der Waals surface area contributed by atoms with Crippen molar-refractivity contribution in [3.05, 3.63) is 11.9 Å². The highest BCUT2D eigenvalue weighted by Gasteiger charge is 2.22. The van der Waals surface area contributed by atoms with E-state index < -0.39 is 0 Å². The first-order chi connectivity index (χ1) is 7.28. The van der Waals surface area contributed by atoms with Gasteiger partial charge in [0.05, 0.1) is 24.4 Å². The molecule has 2 atom stereocenters. The Labute approximate surface area is 94.6 Å². The molecule has 0 bridgehead atoms. The number of rotatable bonds is 4. The van der Waals surface area contributed by atoms with Gasteiger partial charge in [-0.2, -0.15) is 0 Å². The van der Waals surface area contributed by atoms with Gasteiger partial charge in [0.2, 0.25) is 0 Å². The van der Waals surface area contributed by atoms with Crippen LogP contribution in [0.5, 0.6) is 0 Å². The molecule has 1 fully saturated rings. The van der Waals surface area contributed by atoms with Crippen molar-refractivity contribution in [1.82, 2.24) is 15.0 Å². The zero-order valence-electron chi connectivity index (χ0n) is 8.90. The summed E-state index contributed by atoms with van der Waals surface area (Å²) < 4.78 is 7.57. The van der Waals surface area contributed by atoms with Crippen molar-refractivity contribution < 1.29 is 4.74 Å². The van der Waals surface area contributed by atoms with Crippen LogP contribution in [-0.4, -0.2) is 33.1 Å². The predicted octanol–water partition coefficient (Wildman–Crippen LogP) is 1.63. The van der Waals surface area contributed by atoms with Crippen LogP contribution < -0.4 is 0 Å². The third-order valence-electron chi connectivity index (χ3n) is 2.65. The topological polar surface area (TPSA) is 39.9 Å². The van der Waals surface area contributed by atoms with Gasteiger partial charge in [0.15, 0.2) is 0 Å². The molecule has 5 heteroatoms. The fourth-order valence-electron chi connectivity index (χ4n) is 1.87. The van der Waals surface area contributed by atoms with Gasteiger partial charge in [0.25, 0.3) is 0 Å². The fourth-order valence-corrected chi connectivity index (χ4v) is 2.06. The number of aromatic nitrogens is 3. The molecular weight excluding hydrogens is 214 g/mol. The second kappa shape index (κ2) is 4.94. The molecule has 1 aliphatic heterocycles. The molecule has 2 heterocycles. The van der Waals surface area contributed by atoms with Gasteiger partial charge in [-0.3, -0.25) is 0 Å². The summed E-state index contributed by atoms with van der Waals surface area (Å²) in [4.78, 5) is 0. The van der Waals surface area contributed by atoms with Crippen LogP contribution in [0.15, 0.2) is 6.20 Å². The molecular formula is C10H16ClN3O. The van der Waals surface area contributed by atoms with Gasteiger partial charge >= 0.3 is 0 Å². The SMILES string of the molecule is CC1CCC(Cn2cc(CCCl)nn2)O1. The van der Waals surface area contributed by atoms with Crippen molar-refractivity contribution in [1.29, 1.82) is 0 Å². The van der Waals surface area contributed by atoms with Crippen molar-refractivity contribution in [3.63, 3.8) is 0 Å². The zero-order valence-corrected chi connectivity index (χ0v) is 9.65. The van der Waals surface area contributed by atoms with Gasteiger partial charge in [-0.25, -0.2) is 4.68 Å². The molecule has 2 rings (SSSR count). The molecule has 15 heavy (non-hydrogen) atoms. The molecule has 1 aromatic heterocycles. The lowest BCUT2D eigenvalue weighted by Gasteiger charge is -2.09. The Morgan fingerprint density at radius 1 is 1.60 bits per heavy atom. The van der Waals surface area contributed by atoms with E-state index in [1.54, 1.807) is 0 Å². The fraction of sp³-hybridized carbons (Fsp3) is 0.800. The molecule has 84 valence electrons. The molecule has 2 unspecified atom stereocenters. The van der Waals surface area contributed by atoms with E-state index in [4.69, 9.17) is 16.3 Å². The molecule has 0 N–H and O–H groups in total. The summed E-state index contributed by atoms with van der Waals surface area (Å²) in [5.41, 5.74) is 0.955. The highest BCUT2D eigenvalue weighted by atomic mass is 35.5. The number of aryl methyl sites for hydroxylation is 1. The summed E-state index contributed by atoms with van der Waals surface area (Å²) in [6.07, 6.45) is 5.68. The van der Waals surface area contributed by atoms with Gasteiger partial charge < -0.3 is 4.74 Å². The molecule has 0 saturated carbocycles. The van der Waals surface area contributed by atoms with Crippen molar-refractivity contribution in [2.45, 2.75) is 44.9 Å². The average Bonchev–Trinajstić information content (AvgIpc) is 2.78. The summed E-state index contributed by atoms with van der Waals surface area (Å²) in [5.74, 6) is 0.593. The Kier molecular flexibility index (Phi) is 3.59. The summed E-state index contributed by atoms with van der Waals surface area (Å²) in [6.45, 7) is 2.92. The molecule has 0 amide bonds. The Balaban J connectivity index is 1.87. The van der Waals surface area contributed by atoms with Crippen LogP contribution in [0.1, 0.15) is 25.5 Å².